The number of H-pyrrole nitrogens is 1. The molecule has 2 aromatic heterocycles. The van der Waals surface area contributed by atoms with Crippen LogP contribution in [0.1, 0.15) is 17.3 Å². The number of hydrogen-bond acceptors (Lipinski definition) is 4. The number of nitrogens with one attached hydrogen (secondary N) is 2. The third-order valence-electron chi connectivity index (χ3n) is 4.87. The Bertz CT molecular complexity index is 1180. The Labute approximate surface area is 168 Å². The molecule has 0 aliphatic rings. The normalized spacial score (nSPS) is 10.9. The van der Waals surface area contributed by atoms with E-state index in [1.807, 2.05) is 30.3 Å². The number of nitrogens with zero attached hydrogens (tertiary/aromatic N) is 2. The summed E-state index contributed by atoms with van der Waals surface area (Å²) >= 11 is 0. The molecule has 0 aliphatic heterocycles. The summed E-state index contributed by atoms with van der Waals surface area (Å²) < 4.78 is 12.8. The minimum Gasteiger partial charge on any atom is -0.497 e. The minimum absolute atomic E-state index is 0.277. The number of para-hydroxylation sites is 1. The fourth-order valence-corrected chi connectivity index (χ4v) is 3.46. The number of fused-ring (bicyclic) bond motifs is 1. The van der Waals surface area contributed by atoms with Gasteiger partial charge in [0.15, 0.2) is 5.82 Å². The molecule has 2 heterocycles. The number of amides is 1. The SMILES string of the molecule is CCn1c(-c2cc(NC(=O)c3ccccc3OC)n[nH]2)cc2ccc(OC)cc21. The predicted octanol–water partition coefficient (Wildman–Crippen LogP) is 4.32. The summed E-state index contributed by atoms with van der Waals surface area (Å²) in [5.41, 5.74) is 3.34. The number of anilines is 1. The lowest BCUT2D eigenvalue weighted by Gasteiger charge is -2.07. The lowest BCUT2D eigenvalue weighted by atomic mass is 10.2. The van der Waals surface area contributed by atoms with Crippen LogP contribution in [0.15, 0.2) is 54.6 Å². The molecule has 0 saturated carbocycles. The Morgan fingerprint density at radius 3 is 2.69 bits per heavy atom. The standard InChI is InChI=1S/C22H22N4O3/c1-4-26-18-12-15(28-2)10-9-14(18)11-19(26)17-13-21(25-24-17)23-22(27)16-7-5-6-8-20(16)29-3/h5-13H,4H2,1-3H3,(H2,23,24,25,27). The number of aryl methyl sites for hydroxylation is 1. The van der Waals surface area contributed by atoms with Crippen LogP contribution in [0, 0.1) is 0 Å². The zero-order chi connectivity index (χ0) is 20.4. The quantitative estimate of drug-likeness (QED) is 0.514. The molecule has 0 aliphatic carbocycles. The van der Waals surface area contributed by atoms with Crippen LogP contribution in [0.25, 0.3) is 22.3 Å². The molecule has 0 fully saturated rings. The van der Waals surface area contributed by atoms with E-state index in [4.69, 9.17) is 9.47 Å². The first kappa shape index (κ1) is 18.6. The Hall–Kier alpha value is -3.74. The molecular formula is C22H22N4O3. The first-order valence-corrected chi connectivity index (χ1v) is 9.32. The minimum atomic E-state index is -0.277. The average molecular weight is 390 g/mol. The second-order valence-electron chi connectivity index (χ2n) is 6.52. The number of ether oxygens (including phenoxy) is 2. The Kier molecular flexibility index (Phi) is 4.95. The molecule has 2 N–H and O–H groups in total. The number of methoxy groups -OCH3 is 2. The summed E-state index contributed by atoms with van der Waals surface area (Å²) in [6.07, 6.45) is 0. The lowest BCUT2D eigenvalue weighted by molar-refractivity contribution is 0.102. The summed E-state index contributed by atoms with van der Waals surface area (Å²) in [5.74, 6) is 1.50. The second-order valence-corrected chi connectivity index (χ2v) is 6.52. The van der Waals surface area contributed by atoms with Gasteiger partial charge in [0.1, 0.15) is 11.5 Å². The maximum absolute atomic E-state index is 12.6. The number of hydrogen-bond donors (Lipinski definition) is 2. The van der Waals surface area contributed by atoms with Crippen molar-refractivity contribution in [3.63, 3.8) is 0 Å². The van der Waals surface area contributed by atoms with E-state index in [1.165, 1.54) is 7.11 Å². The van der Waals surface area contributed by atoms with Gasteiger partial charge in [-0.3, -0.25) is 9.89 Å². The van der Waals surface area contributed by atoms with E-state index in [9.17, 15) is 4.79 Å². The first-order chi connectivity index (χ1) is 14.1. The molecule has 0 atom stereocenters. The third kappa shape index (κ3) is 3.42. The number of benzene rings is 2. The maximum atomic E-state index is 12.6. The number of rotatable bonds is 6. The molecule has 0 bridgehead atoms. The van der Waals surface area contributed by atoms with Crippen LogP contribution in [0.4, 0.5) is 5.82 Å². The number of aromatic amines is 1. The van der Waals surface area contributed by atoms with Crippen molar-refractivity contribution in [1.29, 1.82) is 0 Å². The molecule has 7 heteroatoms. The Balaban J connectivity index is 1.65. The van der Waals surface area contributed by atoms with E-state index in [0.717, 1.165) is 34.6 Å². The molecule has 1 amide bonds. The van der Waals surface area contributed by atoms with Gasteiger partial charge in [0.05, 0.1) is 36.7 Å². The zero-order valence-corrected chi connectivity index (χ0v) is 16.5. The van der Waals surface area contributed by atoms with E-state index in [1.54, 1.807) is 25.3 Å². The van der Waals surface area contributed by atoms with Gasteiger partial charge < -0.3 is 19.4 Å². The van der Waals surface area contributed by atoms with Crippen molar-refractivity contribution in [3.05, 3.63) is 60.2 Å². The van der Waals surface area contributed by atoms with Gasteiger partial charge in [0.25, 0.3) is 5.91 Å². The topological polar surface area (TPSA) is 81.2 Å². The van der Waals surface area contributed by atoms with Crippen LogP contribution in [0.3, 0.4) is 0 Å². The molecule has 4 aromatic rings. The fourth-order valence-electron chi connectivity index (χ4n) is 3.46. The van der Waals surface area contributed by atoms with Gasteiger partial charge in [0, 0.05) is 24.1 Å². The molecule has 0 spiro atoms. The first-order valence-electron chi connectivity index (χ1n) is 9.32. The van der Waals surface area contributed by atoms with Gasteiger partial charge in [-0.25, -0.2) is 0 Å². The van der Waals surface area contributed by atoms with Crippen LogP contribution in [0.2, 0.25) is 0 Å². The highest BCUT2D eigenvalue weighted by Gasteiger charge is 2.16. The molecule has 0 radical (unpaired) electrons. The van der Waals surface area contributed by atoms with E-state index in [2.05, 4.69) is 33.1 Å². The van der Waals surface area contributed by atoms with Crippen molar-refractivity contribution in [2.75, 3.05) is 19.5 Å². The highest BCUT2D eigenvalue weighted by molar-refractivity contribution is 6.06. The Morgan fingerprint density at radius 2 is 1.93 bits per heavy atom. The molecule has 29 heavy (non-hydrogen) atoms. The second kappa shape index (κ2) is 7.71. The molecular weight excluding hydrogens is 368 g/mol. The summed E-state index contributed by atoms with van der Waals surface area (Å²) in [7, 11) is 3.20. The molecule has 7 nitrogen and oxygen atoms in total. The van der Waals surface area contributed by atoms with E-state index < -0.39 is 0 Å². The fraction of sp³-hybridized carbons (Fsp3) is 0.182. The van der Waals surface area contributed by atoms with E-state index >= 15 is 0 Å². The van der Waals surface area contributed by atoms with Crippen molar-refractivity contribution < 1.29 is 14.3 Å². The van der Waals surface area contributed by atoms with Crippen LogP contribution in [0.5, 0.6) is 11.5 Å². The monoisotopic (exact) mass is 390 g/mol. The van der Waals surface area contributed by atoms with Crippen molar-refractivity contribution in [2.24, 2.45) is 0 Å². The molecule has 0 saturated heterocycles. The largest absolute Gasteiger partial charge is 0.497 e. The summed E-state index contributed by atoms with van der Waals surface area (Å²) in [6, 6.07) is 17.0. The van der Waals surface area contributed by atoms with Gasteiger partial charge in [-0.1, -0.05) is 12.1 Å². The third-order valence-corrected chi connectivity index (χ3v) is 4.87. The van der Waals surface area contributed by atoms with Gasteiger partial charge in [-0.05, 0) is 37.3 Å². The number of carbonyl (C=O) groups excluding carboxylic acids is 1. The van der Waals surface area contributed by atoms with Crippen LogP contribution in [-0.2, 0) is 6.54 Å². The molecule has 4 rings (SSSR count). The van der Waals surface area contributed by atoms with Crippen molar-refractivity contribution in [2.45, 2.75) is 13.5 Å². The highest BCUT2D eigenvalue weighted by atomic mass is 16.5. The van der Waals surface area contributed by atoms with Crippen molar-refractivity contribution in [3.8, 4) is 22.9 Å². The van der Waals surface area contributed by atoms with Crippen LogP contribution >= 0.6 is 0 Å². The highest BCUT2D eigenvalue weighted by Crippen LogP contribution is 2.31. The van der Waals surface area contributed by atoms with Crippen molar-refractivity contribution in [1.82, 2.24) is 14.8 Å². The maximum Gasteiger partial charge on any atom is 0.260 e. The summed E-state index contributed by atoms with van der Waals surface area (Å²) in [6.45, 7) is 2.87. The van der Waals surface area contributed by atoms with Crippen LogP contribution < -0.4 is 14.8 Å². The van der Waals surface area contributed by atoms with Gasteiger partial charge in [-0.2, -0.15) is 5.10 Å². The van der Waals surface area contributed by atoms with Gasteiger partial charge >= 0.3 is 0 Å². The average Bonchev–Trinajstić information content (AvgIpc) is 3.36. The molecule has 2 aromatic carbocycles. The summed E-state index contributed by atoms with van der Waals surface area (Å²) in [4.78, 5) is 12.6. The molecule has 0 unspecified atom stereocenters. The van der Waals surface area contributed by atoms with Gasteiger partial charge in [-0.15, -0.1) is 0 Å². The van der Waals surface area contributed by atoms with Gasteiger partial charge in [0.2, 0.25) is 0 Å². The lowest BCUT2D eigenvalue weighted by Crippen LogP contribution is -2.13. The smallest absolute Gasteiger partial charge is 0.260 e. The Morgan fingerprint density at radius 1 is 1.10 bits per heavy atom. The van der Waals surface area contributed by atoms with E-state index in [-0.39, 0.29) is 5.91 Å². The molecule has 148 valence electrons. The zero-order valence-electron chi connectivity index (χ0n) is 16.5. The number of carbonyl (C=O) groups is 1. The van der Waals surface area contributed by atoms with Crippen molar-refractivity contribution >= 4 is 22.6 Å². The van der Waals surface area contributed by atoms with Crippen LogP contribution in [-0.4, -0.2) is 34.9 Å². The summed E-state index contributed by atoms with van der Waals surface area (Å²) in [5, 5.41) is 11.2. The number of aromatic nitrogens is 3. The predicted molar refractivity (Wildman–Crippen MR) is 113 cm³/mol. The van der Waals surface area contributed by atoms with E-state index in [0.29, 0.717) is 17.1 Å².